The number of hydrogen-bond acceptors (Lipinski definition) is 3. The Labute approximate surface area is 105 Å². The van der Waals surface area contributed by atoms with Crippen LogP contribution in [0, 0.1) is 0 Å². The molecule has 2 saturated heterocycles. The molecule has 2 fully saturated rings. The predicted molar refractivity (Wildman–Crippen MR) is 63.7 cm³/mol. The average Bonchev–Trinajstić information content (AvgIpc) is 2.96. The van der Waals surface area contributed by atoms with Gasteiger partial charge in [0.25, 0.3) is 0 Å². The van der Waals surface area contributed by atoms with Crippen molar-refractivity contribution in [2.45, 2.75) is 25.1 Å². The number of nitrogens with one attached hydrogen (secondary N) is 1. The zero-order valence-corrected chi connectivity index (χ0v) is 9.83. The first-order valence-electron chi connectivity index (χ1n) is 6.02. The number of fused-ring (bicyclic) bond motifs is 2. The number of piperazine rings is 1. The molecule has 2 bridgehead atoms. The fraction of sp³-hybridized carbons (Fsp3) is 0.385. The van der Waals surface area contributed by atoms with Crippen molar-refractivity contribution in [3.05, 3.63) is 35.9 Å². The summed E-state index contributed by atoms with van der Waals surface area (Å²) < 4.78 is 5.22. The molecule has 0 aromatic heterocycles. The molecular weight excluding hydrogens is 232 g/mol. The average molecular weight is 246 g/mol. The van der Waals surface area contributed by atoms with Crippen molar-refractivity contribution in [1.29, 1.82) is 0 Å². The van der Waals surface area contributed by atoms with Crippen LogP contribution in [0.15, 0.2) is 30.3 Å². The Kier molecular flexibility index (Phi) is 2.66. The second-order valence-corrected chi connectivity index (χ2v) is 4.65. The van der Waals surface area contributed by atoms with Crippen molar-refractivity contribution in [2.75, 3.05) is 6.54 Å². The SMILES string of the molecule is O=C1N[C@H]2C[C@H]1N(C(=O)OCc1ccccc1)C2. The quantitative estimate of drug-likeness (QED) is 0.843. The molecule has 5 heteroatoms. The predicted octanol–water partition coefficient (Wildman–Crippen LogP) is 0.896. The van der Waals surface area contributed by atoms with Crippen LogP contribution in [0.3, 0.4) is 0 Å². The number of rotatable bonds is 2. The van der Waals surface area contributed by atoms with E-state index >= 15 is 0 Å². The highest BCUT2D eigenvalue weighted by atomic mass is 16.6. The molecule has 0 spiro atoms. The van der Waals surface area contributed by atoms with Crippen LogP contribution in [0.2, 0.25) is 0 Å². The molecule has 0 aliphatic carbocycles. The van der Waals surface area contributed by atoms with E-state index < -0.39 is 6.09 Å². The normalized spacial score (nSPS) is 25.1. The van der Waals surface area contributed by atoms with E-state index in [4.69, 9.17) is 4.74 Å². The van der Waals surface area contributed by atoms with Gasteiger partial charge < -0.3 is 10.1 Å². The Morgan fingerprint density at radius 2 is 2.17 bits per heavy atom. The summed E-state index contributed by atoms with van der Waals surface area (Å²) in [5.74, 6) is -0.0667. The lowest BCUT2D eigenvalue weighted by molar-refractivity contribution is -0.124. The molecule has 0 unspecified atom stereocenters. The molecule has 1 aromatic rings. The summed E-state index contributed by atoms with van der Waals surface area (Å²) in [5, 5.41) is 2.82. The molecule has 2 atom stereocenters. The third kappa shape index (κ3) is 1.92. The summed E-state index contributed by atoms with van der Waals surface area (Å²) in [7, 11) is 0. The van der Waals surface area contributed by atoms with Gasteiger partial charge >= 0.3 is 6.09 Å². The van der Waals surface area contributed by atoms with Gasteiger partial charge in [-0.3, -0.25) is 9.69 Å². The Balaban J connectivity index is 1.58. The number of benzene rings is 1. The van der Waals surface area contributed by atoms with Crippen LogP contribution in [0.5, 0.6) is 0 Å². The number of amides is 2. The molecule has 0 radical (unpaired) electrons. The Bertz CT molecular complexity index is 474. The van der Waals surface area contributed by atoms with Crippen molar-refractivity contribution in [3.63, 3.8) is 0 Å². The topological polar surface area (TPSA) is 58.6 Å². The number of carbonyl (C=O) groups excluding carboxylic acids is 2. The third-order valence-electron chi connectivity index (χ3n) is 3.39. The van der Waals surface area contributed by atoms with Gasteiger partial charge in [-0.25, -0.2) is 4.79 Å². The fourth-order valence-electron chi connectivity index (χ4n) is 2.49. The van der Waals surface area contributed by atoms with Crippen LogP contribution in [0.1, 0.15) is 12.0 Å². The molecule has 1 N–H and O–H groups in total. The first kappa shape index (κ1) is 11.1. The summed E-state index contributed by atoms with van der Waals surface area (Å²) in [6, 6.07) is 9.27. The zero-order chi connectivity index (χ0) is 12.5. The number of carbonyl (C=O) groups is 2. The van der Waals surface area contributed by atoms with E-state index in [1.54, 1.807) is 0 Å². The van der Waals surface area contributed by atoms with E-state index in [2.05, 4.69) is 5.32 Å². The smallest absolute Gasteiger partial charge is 0.410 e. The molecular formula is C13H14N2O3. The van der Waals surface area contributed by atoms with Crippen molar-refractivity contribution >= 4 is 12.0 Å². The number of ether oxygens (including phenoxy) is 1. The van der Waals surface area contributed by atoms with Gasteiger partial charge in [-0.15, -0.1) is 0 Å². The summed E-state index contributed by atoms with van der Waals surface area (Å²) in [6.07, 6.45) is 0.306. The minimum absolute atomic E-state index is 0.0667. The minimum Gasteiger partial charge on any atom is -0.445 e. The number of nitrogens with zero attached hydrogens (tertiary/aromatic N) is 1. The Morgan fingerprint density at radius 1 is 1.39 bits per heavy atom. The van der Waals surface area contributed by atoms with Crippen LogP contribution in [0.25, 0.3) is 0 Å². The second-order valence-electron chi connectivity index (χ2n) is 4.65. The van der Waals surface area contributed by atoms with E-state index in [1.165, 1.54) is 4.90 Å². The molecule has 2 amide bonds. The first-order chi connectivity index (χ1) is 8.74. The lowest BCUT2D eigenvalue weighted by atomic mass is 10.2. The number of hydrogen-bond donors (Lipinski definition) is 1. The maximum absolute atomic E-state index is 11.9. The standard InChI is InChI=1S/C13H14N2O3/c16-12-11-6-10(14-12)7-15(11)13(17)18-8-9-4-2-1-3-5-9/h1-5,10-11H,6-8H2,(H,14,16)/t10-,11+/m0/s1. The molecule has 5 nitrogen and oxygen atoms in total. The van der Waals surface area contributed by atoms with Crippen molar-refractivity contribution < 1.29 is 14.3 Å². The van der Waals surface area contributed by atoms with E-state index in [0.717, 1.165) is 5.56 Å². The van der Waals surface area contributed by atoms with Gasteiger partial charge in [0.15, 0.2) is 0 Å². The van der Waals surface area contributed by atoms with E-state index in [0.29, 0.717) is 13.0 Å². The van der Waals surface area contributed by atoms with Crippen molar-refractivity contribution in [1.82, 2.24) is 10.2 Å². The second kappa shape index (κ2) is 4.33. The highest BCUT2D eigenvalue weighted by Crippen LogP contribution is 2.25. The van der Waals surface area contributed by atoms with Crippen LogP contribution in [-0.2, 0) is 16.1 Å². The largest absolute Gasteiger partial charge is 0.445 e. The first-order valence-corrected chi connectivity index (χ1v) is 6.02. The molecule has 2 aliphatic heterocycles. The van der Waals surface area contributed by atoms with Gasteiger partial charge in [0.2, 0.25) is 5.91 Å². The van der Waals surface area contributed by atoms with Gasteiger partial charge in [0.05, 0.1) is 0 Å². The maximum atomic E-state index is 11.9. The molecule has 1 aromatic carbocycles. The van der Waals surface area contributed by atoms with Gasteiger partial charge in [-0.1, -0.05) is 30.3 Å². The Hall–Kier alpha value is -2.04. The molecule has 94 valence electrons. The van der Waals surface area contributed by atoms with E-state index in [1.807, 2.05) is 30.3 Å². The Morgan fingerprint density at radius 3 is 2.83 bits per heavy atom. The lowest BCUT2D eigenvalue weighted by Crippen LogP contribution is -2.50. The van der Waals surface area contributed by atoms with Crippen LogP contribution in [-0.4, -0.2) is 35.5 Å². The summed E-state index contributed by atoms with van der Waals surface area (Å²) in [4.78, 5) is 24.9. The van der Waals surface area contributed by atoms with Crippen molar-refractivity contribution in [3.8, 4) is 0 Å². The highest BCUT2D eigenvalue weighted by molar-refractivity contribution is 5.89. The summed E-state index contributed by atoms with van der Waals surface area (Å²) >= 11 is 0. The van der Waals surface area contributed by atoms with Crippen LogP contribution >= 0.6 is 0 Å². The maximum Gasteiger partial charge on any atom is 0.410 e. The van der Waals surface area contributed by atoms with Crippen LogP contribution < -0.4 is 5.32 Å². The van der Waals surface area contributed by atoms with Crippen molar-refractivity contribution in [2.24, 2.45) is 0 Å². The fourth-order valence-corrected chi connectivity index (χ4v) is 2.49. The highest BCUT2D eigenvalue weighted by Gasteiger charge is 2.46. The minimum atomic E-state index is -0.402. The van der Waals surface area contributed by atoms with Gasteiger partial charge in [-0.2, -0.15) is 0 Å². The van der Waals surface area contributed by atoms with Gasteiger partial charge in [-0.05, 0) is 12.0 Å². The molecule has 2 aliphatic rings. The third-order valence-corrected chi connectivity index (χ3v) is 3.39. The zero-order valence-electron chi connectivity index (χ0n) is 9.83. The molecule has 2 heterocycles. The molecule has 3 rings (SSSR count). The molecule has 0 saturated carbocycles. The lowest BCUT2D eigenvalue weighted by Gasteiger charge is -2.25. The monoisotopic (exact) mass is 246 g/mol. The van der Waals surface area contributed by atoms with Gasteiger partial charge in [0, 0.05) is 12.6 Å². The van der Waals surface area contributed by atoms with Gasteiger partial charge in [0.1, 0.15) is 12.6 Å². The van der Waals surface area contributed by atoms with E-state index in [-0.39, 0.29) is 24.6 Å². The van der Waals surface area contributed by atoms with Crippen LogP contribution in [0.4, 0.5) is 4.79 Å². The summed E-state index contributed by atoms with van der Waals surface area (Å²) in [6.45, 7) is 0.805. The summed E-state index contributed by atoms with van der Waals surface area (Å²) in [5.41, 5.74) is 0.944. The van der Waals surface area contributed by atoms with E-state index in [9.17, 15) is 9.59 Å². The number of likely N-dealkylation sites (tertiary alicyclic amines) is 1. The molecule has 18 heavy (non-hydrogen) atoms.